The van der Waals surface area contributed by atoms with Crippen LogP contribution >= 0.6 is 11.6 Å². The summed E-state index contributed by atoms with van der Waals surface area (Å²) in [6.45, 7) is 0. The lowest BCUT2D eigenvalue weighted by Crippen LogP contribution is -2.04. The summed E-state index contributed by atoms with van der Waals surface area (Å²) in [5, 5.41) is 7.13. The van der Waals surface area contributed by atoms with E-state index >= 15 is 0 Å². The highest BCUT2D eigenvalue weighted by Crippen LogP contribution is 2.31. The van der Waals surface area contributed by atoms with Crippen molar-refractivity contribution in [2.75, 3.05) is 5.32 Å². The second-order valence-electron chi connectivity index (χ2n) is 4.98. The molecule has 4 heteroatoms. The predicted octanol–water partition coefficient (Wildman–Crippen LogP) is 4.01. The Bertz CT molecular complexity index is 781. The van der Waals surface area contributed by atoms with Gasteiger partial charge < -0.3 is 5.32 Å². The van der Waals surface area contributed by atoms with E-state index in [0.717, 1.165) is 16.7 Å². The van der Waals surface area contributed by atoms with Crippen LogP contribution in [0.5, 0.6) is 0 Å². The average Bonchev–Trinajstić information content (AvgIpc) is 3.20. The number of rotatable bonds is 2. The van der Waals surface area contributed by atoms with Crippen molar-refractivity contribution in [2.45, 2.75) is 18.9 Å². The molecule has 1 aliphatic rings. The van der Waals surface area contributed by atoms with Crippen LogP contribution in [0.4, 0.5) is 5.82 Å². The Kier molecular flexibility index (Phi) is 2.35. The van der Waals surface area contributed by atoms with Gasteiger partial charge in [0.2, 0.25) is 5.28 Å². The second kappa shape index (κ2) is 4.07. The van der Waals surface area contributed by atoms with Crippen molar-refractivity contribution >= 4 is 39.1 Å². The molecule has 4 rings (SSSR count). The SMILES string of the molecule is Clc1nc(NC2CC2)c2cc3ccccc3cc2n1. The molecule has 1 heterocycles. The number of benzene rings is 2. The fraction of sp³-hybridized carbons (Fsp3) is 0.200. The third-order valence-corrected chi connectivity index (χ3v) is 3.62. The Morgan fingerprint density at radius 2 is 1.79 bits per heavy atom. The maximum Gasteiger partial charge on any atom is 0.224 e. The fourth-order valence-corrected chi connectivity index (χ4v) is 2.49. The lowest BCUT2D eigenvalue weighted by atomic mass is 10.1. The minimum Gasteiger partial charge on any atom is -0.367 e. The molecule has 0 radical (unpaired) electrons. The van der Waals surface area contributed by atoms with Crippen LogP contribution in [-0.4, -0.2) is 16.0 Å². The van der Waals surface area contributed by atoms with Crippen molar-refractivity contribution in [3.63, 3.8) is 0 Å². The third-order valence-electron chi connectivity index (χ3n) is 3.45. The minimum absolute atomic E-state index is 0.297. The molecule has 1 N–H and O–H groups in total. The zero-order valence-electron chi connectivity index (χ0n) is 10.2. The van der Waals surface area contributed by atoms with E-state index in [-0.39, 0.29) is 0 Å². The molecule has 1 fully saturated rings. The smallest absolute Gasteiger partial charge is 0.224 e. The summed E-state index contributed by atoms with van der Waals surface area (Å²) in [6.07, 6.45) is 2.41. The summed E-state index contributed by atoms with van der Waals surface area (Å²) in [4.78, 5) is 8.66. The molecule has 1 aliphatic carbocycles. The first kappa shape index (κ1) is 11.0. The number of anilines is 1. The molecule has 94 valence electrons. The van der Waals surface area contributed by atoms with E-state index in [0.29, 0.717) is 11.3 Å². The van der Waals surface area contributed by atoms with Crippen LogP contribution in [0.3, 0.4) is 0 Å². The first-order valence-electron chi connectivity index (χ1n) is 6.42. The van der Waals surface area contributed by atoms with Crippen LogP contribution in [0, 0.1) is 0 Å². The number of fused-ring (bicyclic) bond motifs is 2. The summed E-state index contributed by atoms with van der Waals surface area (Å²) in [5.74, 6) is 0.850. The normalized spacial score (nSPS) is 15.0. The average molecular weight is 270 g/mol. The van der Waals surface area contributed by atoms with Crippen LogP contribution in [0.2, 0.25) is 5.28 Å². The summed E-state index contributed by atoms with van der Waals surface area (Å²) >= 11 is 6.02. The first-order chi connectivity index (χ1) is 9.29. The molecule has 0 spiro atoms. The monoisotopic (exact) mass is 269 g/mol. The van der Waals surface area contributed by atoms with E-state index in [2.05, 4.69) is 39.6 Å². The molecule has 0 saturated heterocycles. The van der Waals surface area contributed by atoms with Gasteiger partial charge in [-0.05, 0) is 47.3 Å². The van der Waals surface area contributed by atoms with Crippen molar-refractivity contribution < 1.29 is 0 Å². The van der Waals surface area contributed by atoms with E-state index in [9.17, 15) is 0 Å². The largest absolute Gasteiger partial charge is 0.367 e. The molecule has 19 heavy (non-hydrogen) atoms. The first-order valence-corrected chi connectivity index (χ1v) is 6.80. The van der Waals surface area contributed by atoms with Crippen molar-refractivity contribution in [3.8, 4) is 0 Å². The van der Waals surface area contributed by atoms with Gasteiger partial charge in [0.25, 0.3) is 0 Å². The van der Waals surface area contributed by atoms with Crippen LogP contribution in [0.25, 0.3) is 21.7 Å². The molecular formula is C15H12ClN3. The molecule has 0 amide bonds. The molecular weight excluding hydrogens is 258 g/mol. The molecule has 1 saturated carbocycles. The summed E-state index contributed by atoms with van der Waals surface area (Å²) in [5.41, 5.74) is 0.891. The minimum atomic E-state index is 0.297. The predicted molar refractivity (Wildman–Crippen MR) is 78.7 cm³/mol. The Labute approximate surface area is 115 Å². The second-order valence-corrected chi connectivity index (χ2v) is 5.31. The highest BCUT2D eigenvalue weighted by molar-refractivity contribution is 6.29. The van der Waals surface area contributed by atoms with E-state index in [4.69, 9.17) is 11.6 Å². The van der Waals surface area contributed by atoms with Gasteiger partial charge in [-0.3, -0.25) is 0 Å². The van der Waals surface area contributed by atoms with Crippen LogP contribution in [0.1, 0.15) is 12.8 Å². The maximum atomic E-state index is 6.02. The molecule has 3 aromatic rings. The van der Waals surface area contributed by atoms with Crippen LogP contribution in [0.15, 0.2) is 36.4 Å². The van der Waals surface area contributed by atoms with Gasteiger partial charge in [0.15, 0.2) is 0 Å². The van der Waals surface area contributed by atoms with Gasteiger partial charge in [-0.1, -0.05) is 24.3 Å². The number of nitrogens with zero attached hydrogens (tertiary/aromatic N) is 2. The highest BCUT2D eigenvalue weighted by atomic mass is 35.5. The number of hydrogen-bond acceptors (Lipinski definition) is 3. The third kappa shape index (κ3) is 2.00. The Morgan fingerprint density at radius 3 is 2.53 bits per heavy atom. The van der Waals surface area contributed by atoms with Crippen molar-refractivity contribution in [1.29, 1.82) is 0 Å². The fourth-order valence-electron chi connectivity index (χ4n) is 2.32. The topological polar surface area (TPSA) is 37.8 Å². The Hall–Kier alpha value is -1.87. The summed E-state index contributed by atoms with van der Waals surface area (Å²) in [6, 6.07) is 13.0. The highest BCUT2D eigenvalue weighted by Gasteiger charge is 2.22. The van der Waals surface area contributed by atoms with E-state index in [1.54, 1.807) is 0 Å². The quantitative estimate of drug-likeness (QED) is 0.564. The van der Waals surface area contributed by atoms with Gasteiger partial charge in [0.05, 0.1) is 5.52 Å². The van der Waals surface area contributed by atoms with E-state index in [1.807, 2.05) is 12.1 Å². The molecule has 3 nitrogen and oxygen atoms in total. The number of nitrogens with one attached hydrogen (secondary N) is 1. The van der Waals surface area contributed by atoms with Crippen molar-refractivity contribution in [3.05, 3.63) is 41.7 Å². The summed E-state index contributed by atoms with van der Waals surface area (Å²) in [7, 11) is 0. The maximum absolute atomic E-state index is 6.02. The van der Waals surface area contributed by atoms with Crippen LogP contribution < -0.4 is 5.32 Å². The zero-order chi connectivity index (χ0) is 12.8. The van der Waals surface area contributed by atoms with Crippen molar-refractivity contribution in [2.24, 2.45) is 0 Å². The molecule has 0 unspecified atom stereocenters. The zero-order valence-corrected chi connectivity index (χ0v) is 11.0. The van der Waals surface area contributed by atoms with Gasteiger partial charge in [0, 0.05) is 11.4 Å². The standard InChI is InChI=1S/C15H12ClN3/c16-15-18-13-8-10-4-2-1-3-9(10)7-12(13)14(19-15)17-11-5-6-11/h1-4,7-8,11H,5-6H2,(H,17,18,19). The molecule has 0 bridgehead atoms. The summed E-state index contributed by atoms with van der Waals surface area (Å²) < 4.78 is 0. The van der Waals surface area contributed by atoms with Crippen LogP contribution in [-0.2, 0) is 0 Å². The molecule has 0 aliphatic heterocycles. The lowest BCUT2D eigenvalue weighted by Gasteiger charge is -2.09. The Morgan fingerprint density at radius 1 is 1.05 bits per heavy atom. The number of halogens is 1. The number of hydrogen-bond donors (Lipinski definition) is 1. The van der Waals surface area contributed by atoms with Gasteiger partial charge in [0.1, 0.15) is 5.82 Å². The lowest BCUT2D eigenvalue weighted by molar-refractivity contribution is 1.10. The van der Waals surface area contributed by atoms with Crippen molar-refractivity contribution in [1.82, 2.24) is 9.97 Å². The molecule has 2 aromatic carbocycles. The van der Waals surface area contributed by atoms with E-state index < -0.39 is 0 Å². The van der Waals surface area contributed by atoms with Gasteiger partial charge in [-0.15, -0.1) is 0 Å². The molecule has 1 aromatic heterocycles. The Balaban J connectivity index is 2.01. The van der Waals surface area contributed by atoms with Gasteiger partial charge >= 0.3 is 0 Å². The van der Waals surface area contributed by atoms with Gasteiger partial charge in [-0.25, -0.2) is 9.97 Å². The number of aromatic nitrogens is 2. The van der Waals surface area contributed by atoms with E-state index in [1.165, 1.54) is 23.6 Å². The molecule has 0 atom stereocenters. The van der Waals surface area contributed by atoms with Gasteiger partial charge in [-0.2, -0.15) is 0 Å².